The van der Waals surface area contributed by atoms with Crippen LogP contribution in [0.3, 0.4) is 0 Å². The second-order valence-corrected chi connectivity index (χ2v) is 15.6. The molecule has 0 aliphatic heterocycles. The van der Waals surface area contributed by atoms with E-state index in [-0.39, 0.29) is 6.17 Å². The van der Waals surface area contributed by atoms with Gasteiger partial charge in [-0.15, -0.1) is 10.2 Å². The fourth-order valence-electron chi connectivity index (χ4n) is 5.52. The van der Waals surface area contributed by atoms with Crippen molar-refractivity contribution < 1.29 is 0 Å². The summed E-state index contributed by atoms with van der Waals surface area (Å²) in [5, 5.41) is 11.2. The molecule has 0 saturated carbocycles. The predicted molar refractivity (Wildman–Crippen MR) is 216 cm³/mol. The molecular weight excluding hydrogens is 657 g/mol. The Morgan fingerprint density at radius 2 is 0.851 bits per heavy atom. The molecule has 0 bridgehead atoms. The number of unbranched alkanes of at least 4 members (excludes halogenated alkanes) is 21. The van der Waals surface area contributed by atoms with Gasteiger partial charge in [0.25, 0.3) is 0 Å². The van der Waals surface area contributed by atoms with E-state index in [0.29, 0.717) is 0 Å². The Morgan fingerprint density at radius 3 is 1.21 bits per heavy atom. The van der Waals surface area contributed by atoms with Gasteiger partial charge in [0.2, 0.25) is 10.3 Å². The standard InChI is InChI=1S/C35H62N6S4.C2H6/c1-4-7-10-13-16-19-22-25-28-31(40-34(42)44-32(38-40)36-29-26-23-20-17-14-11-8-5-2)41-35(43)45-33(39-41)37-30-27-24-21-18-15-12-9-6-3;1-2/h29-31H,4-28H2,1-3H3;1-2H3/b36-29+,37-30+;. The van der Waals surface area contributed by atoms with Crippen molar-refractivity contribution >= 4 is 69.8 Å². The lowest BCUT2D eigenvalue weighted by Crippen LogP contribution is -2.20. The van der Waals surface area contributed by atoms with E-state index in [0.717, 1.165) is 43.9 Å². The summed E-state index contributed by atoms with van der Waals surface area (Å²) in [6, 6.07) is 0. The summed E-state index contributed by atoms with van der Waals surface area (Å²) in [4.78, 5) is 9.38. The largest absolute Gasteiger partial charge is 0.231 e. The molecular formula is C37H68N6S4. The van der Waals surface area contributed by atoms with Crippen molar-refractivity contribution in [3.63, 3.8) is 0 Å². The van der Waals surface area contributed by atoms with E-state index in [2.05, 4.69) is 30.8 Å². The zero-order chi connectivity index (χ0) is 34.4. The number of aromatic nitrogens is 4. The molecule has 270 valence electrons. The van der Waals surface area contributed by atoms with Gasteiger partial charge in [-0.2, -0.15) is 0 Å². The molecule has 2 rings (SSSR count). The van der Waals surface area contributed by atoms with Crippen LogP contribution in [0.1, 0.15) is 201 Å². The topological polar surface area (TPSA) is 60.4 Å². The van der Waals surface area contributed by atoms with Crippen LogP contribution in [0.5, 0.6) is 0 Å². The van der Waals surface area contributed by atoms with Crippen LogP contribution in [-0.4, -0.2) is 32.0 Å². The highest BCUT2D eigenvalue weighted by Crippen LogP contribution is 2.29. The molecule has 0 fully saturated rings. The highest BCUT2D eigenvalue weighted by molar-refractivity contribution is 7.73. The van der Waals surface area contributed by atoms with E-state index >= 15 is 0 Å². The van der Waals surface area contributed by atoms with Gasteiger partial charge in [-0.3, -0.25) is 0 Å². The lowest BCUT2D eigenvalue weighted by Gasteiger charge is -2.17. The molecule has 0 aliphatic carbocycles. The first-order chi connectivity index (χ1) is 23.1. The van der Waals surface area contributed by atoms with Gasteiger partial charge < -0.3 is 0 Å². The van der Waals surface area contributed by atoms with Crippen LogP contribution < -0.4 is 0 Å². The van der Waals surface area contributed by atoms with Crippen molar-refractivity contribution in [1.29, 1.82) is 0 Å². The van der Waals surface area contributed by atoms with Crippen LogP contribution in [0.4, 0.5) is 10.3 Å². The summed E-state index contributed by atoms with van der Waals surface area (Å²) in [5.74, 6) is 0. The van der Waals surface area contributed by atoms with Crippen LogP contribution >= 0.6 is 47.1 Å². The Bertz CT molecular complexity index is 1080. The lowest BCUT2D eigenvalue weighted by atomic mass is 10.1. The third-order valence-electron chi connectivity index (χ3n) is 8.28. The molecule has 0 aliphatic rings. The number of hydrogen-bond donors (Lipinski definition) is 0. The molecule has 2 aromatic rings. The van der Waals surface area contributed by atoms with Crippen LogP contribution in [0.15, 0.2) is 9.98 Å². The first-order valence-corrected chi connectivity index (χ1v) is 21.8. The maximum atomic E-state index is 5.82. The monoisotopic (exact) mass is 724 g/mol. The molecule has 2 aromatic heterocycles. The van der Waals surface area contributed by atoms with Gasteiger partial charge in [0.15, 0.2) is 7.91 Å². The van der Waals surface area contributed by atoms with Gasteiger partial charge in [-0.25, -0.2) is 19.3 Å². The summed E-state index contributed by atoms with van der Waals surface area (Å²) in [5.41, 5.74) is 0. The molecule has 0 amide bonds. The van der Waals surface area contributed by atoms with Gasteiger partial charge in [-0.1, -0.05) is 179 Å². The summed E-state index contributed by atoms with van der Waals surface area (Å²) in [7, 11) is 0. The summed E-state index contributed by atoms with van der Waals surface area (Å²) in [6.07, 6.45) is 35.2. The zero-order valence-electron chi connectivity index (χ0n) is 30.7. The average molecular weight is 725 g/mol. The first kappa shape index (κ1) is 43.9. The number of hydrogen-bond acceptors (Lipinski definition) is 8. The molecule has 0 atom stereocenters. The Morgan fingerprint density at radius 1 is 0.532 bits per heavy atom. The second kappa shape index (κ2) is 30.9. The van der Waals surface area contributed by atoms with Crippen LogP contribution in [0.2, 0.25) is 0 Å². The van der Waals surface area contributed by atoms with Crippen molar-refractivity contribution in [3.05, 3.63) is 7.91 Å². The highest BCUT2D eigenvalue weighted by atomic mass is 32.2. The Balaban J connectivity index is 0.00000541. The number of aliphatic imine (C=N–C) groups is 2. The first-order valence-electron chi connectivity index (χ1n) is 19.3. The molecule has 47 heavy (non-hydrogen) atoms. The van der Waals surface area contributed by atoms with Gasteiger partial charge in [-0.05, 0) is 63.0 Å². The van der Waals surface area contributed by atoms with E-state index in [1.54, 1.807) is 0 Å². The molecule has 0 radical (unpaired) electrons. The molecule has 0 N–H and O–H groups in total. The van der Waals surface area contributed by atoms with Crippen molar-refractivity contribution in [2.45, 2.75) is 201 Å². The minimum absolute atomic E-state index is 0.142. The van der Waals surface area contributed by atoms with Crippen molar-refractivity contribution in [3.8, 4) is 0 Å². The zero-order valence-corrected chi connectivity index (χ0v) is 34.0. The minimum Gasteiger partial charge on any atom is -0.231 e. The molecule has 2 heterocycles. The highest BCUT2D eigenvalue weighted by Gasteiger charge is 2.20. The maximum Gasteiger partial charge on any atom is 0.230 e. The molecule has 0 spiro atoms. The number of nitrogens with zero attached hydrogens (tertiary/aromatic N) is 6. The summed E-state index contributed by atoms with van der Waals surface area (Å²) >= 11 is 14.6. The molecule has 6 nitrogen and oxygen atoms in total. The average Bonchev–Trinajstić information content (AvgIpc) is 3.64. The van der Waals surface area contributed by atoms with Gasteiger partial charge in [0.05, 0.1) is 0 Å². The van der Waals surface area contributed by atoms with E-state index in [9.17, 15) is 0 Å². The smallest absolute Gasteiger partial charge is 0.230 e. The third-order valence-corrected chi connectivity index (χ3v) is 10.6. The van der Waals surface area contributed by atoms with Gasteiger partial charge in [0.1, 0.15) is 6.17 Å². The Kier molecular flexibility index (Phi) is 28.9. The van der Waals surface area contributed by atoms with Crippen molar-refractivity contribution in [2.24, 2.45) is 9.98 Å². The summed E-state index contributed by atoms with van der Waals surface area (Å²) in [6.45, 7) is 10.8. The van der Waals surface area contributed by atoms with E-state index in [1.165, 1.54) is 158 Å². The SMILES string of the molecule is CC.CCCCCCCCC/C=N/c1nn(C(CCCCCCCCCC)n2nc(/N=C/CCCCCCCCC)sc2=S)c(=S)s1. The lowest BCUT2D eigenvalue weighted by molar-refractivity contribution is 0.323. The quantitative estimate of drug-likeness (QED) is 0.0476. The Labute approximate surface area is 307 Å². The molecule has 0 unspecified atom stereocenters. The Hall–Kier alpha value is -1.10. The third kappa shape index (κ3) is 20.9. The predicted octanol–water partition coefficient (Wildman–Crippen LogP) is 15.0. The minimum atomic E-state index is -0.142. The van der Waals surface area contributed by atoms with E-state index in [1.807, 2.05) is 35.6 Å². The molecule has 0 saturated heterocycles. The van der Waals surface area contributed by atoms with Crippen LogP contribution in [0, 0.1) is 7.91 Å². The fourth-order valence-corrected chi connectivity index (χ4v) is 7.63. The van der Waals surface area contributed by atoms with E-state index < -0.39 is 0 Å². The number of rotatable bonds is 29. The van der Waals surface area contributed by atoms with Crippen molar-refractivity contribution in [1.82, 2.24) is 19.6 Å². The fraction of sp³-hybridized carbons (Fsp3) is 0.838. The van der Waals surface area contributed by atoms with Crippen molar-refractivity contribution in [2.75, 3.05) is 0 Å². The van der Waals surface area contributed by atoms with E-state index in [4.69, 9.17) is 34.6 Å². The van der Waals surface area contributed by atoms with Gasteiger partial charge in [0, 0.05) is 12.4 Å². The van der Waals surface area contributed by atoms with Gasteiger partial charge >= 0.3 is 0 Å². The van der Waals surface area contributed by atoms with Crippen LogP contribution in [-0.2, 0) is 0 Å². The van der Waals surface area contributed by atoms with Crippen LogP contribution in [0.25, 0.3) is 0 Å². The molecule has 0 aromatic carbocycles. The second-order valence-electron chi connectivity index (χ2n) is 12.4. The summed E-state index contributed by atoms with van der Waals surface area (Å²) < 4.78 is 5.31. The maximum absolute atomic E-state index is 5.82. The molecule has 10 heteroatoms. The normalized spacial score (nSPS) is 11.7.